The Morgan fingerprint density at radius 3 is 2.45 bits per heavy atom. The largest absolute Gasteiger partial charge is 0.469 e. The van der Waals surface area contributed by atoms with Crippen molar-refractivity contribution in [3.63, 3.8) is 0 Å². The highest BCUT2D eigenvalue weighted by Gasteiger charge is 2.94. The highest BCUT2D eigenvalue weighted by molar-refractivity contribution is 5.93. The van der Waals surface area contributed by atoms with Crippen LogP contribution in [-0.2, 0) is 46.2 Å². The zero-order chi connectivity index (χ0) is 52.4. The molecule has 3 spiro atoms. The minimum absolute atomic E-state index is 0.0103. The standard InChI is InChI=1S/C64H84N2O11/c1-59-22-19-50-62-34-74-58(72)61(23-18-38(31-61)33-67)57(62)77-60(2,41-13-7-4-8-14-41)52(62)51(69)53(70)63(50,42-15-9-12-37(27-42)26-36-10-5-3-6-11-36)64(59)55(76-64)56(71)75-54(59)43-21-25-73-49(43)30-46-44-28-40-20-24-66-35-65-32-47(66)45(40)29-39(44)16-17-48(46)68/h3,5-6,10-11,20-21,24-25,37-42,44-48,50,52-55,57,65,67-68,70H,4,7-9,12-19,22-23,26-35H2,1-2H3/t37-,38-,39-,40+,42-,44-,45+,46-,47-,48+,50+,52+,53+,54-,55+,57-,59-,60+,61-,62+,63-,64+/m0/s1. The molecule has 12 fully saturated rings. The number of fused-ring (bicyclic) bond motifs is 6. The van der Waals surface area contributed by atoms with Crippen molar-refractivity contribution in [2.24, 2.45) is 86.8 Å². The van der Waals surface area contributed by atoms with E-state index in [1.165, 1.54) is 5.56 Å². The molecule has 0 radical (unpaired) electrons. The van der Waals surface area contributed by atoms with E-state index < -0.39 is 81.2 Å². The van der Waals surface area contributed by atoms with Crippen LogP contribution in [0.3, 0.4) is 0 Å². The van der Waals surface area contributed by atoms with Gasteiger partial charge in [-0.3, -0.25) is 14.9 Å². The van der Waals surface area contributed by atoms with Gasteiger partial charge in [0, 0.05) is 47.4 Å². The van der Waals surface area contributed by atoms with Gasteiger partial charge >= 0.3 is 11.9 Å². The molecular formula is C64H84N2O11. The number of benzene rings is 1. The molecule has 7 saturated carbocycles. The summed E-state index contributed by atoms with van der Waals surface area (Å²) < 4.78 is 35.4. The number of epoxide rings is 1. The van der Waals surface area contributed by atoms with E-state index in [4.69, 9.17) is 23.4 Å². The lowest BCUT2D eigenvalue weighted by molar-refractivity contribution is -0.285. The second kappa shape index (κ2) is 18.0. The molecule has 0 unspecified atom stereocenters. The molecule has 13 nitrogen and oxygen atoms in total. The van der Waals surface area contributed by atoms with E-state index in [0.29, 0.717) is 68.2 Å². The third-order valence-electron chi connectivity index (χ3n) is 25.5. The van der Waals surface area contributed by atoms with Crippen LogP contribution >= 0.6 is 0 Å². The van der Waals surface area contributed by atoms with E-state index in [9.17, 15) is 20.1 Å². The number of hydrogen-bond acceptors (Lipinski definition) is 13. The number of cyclic esters (lactones) is 2. The minimum Gasteiger partial charge on any atom is -0.469 e. The molecule has 22 atom stereocenters. The molecule has 7 heterocycles. The average Bonchev–Trinajstić information content (AvgIpc) is 3.06. The van der Waals surface area contributed by atoms with Crippen molar-refractivity contribution >= 4 is 17.7 Å². The van der Waals surface area contributed by atoms with Crippen LogP contribution in [0.2, 0.25) is 0 Å². The smallest absolute Gasteiger partial charge is 0.339 e. The SMILES string of the molecule is C[C@@]12CC[C@@H]3[C@@]45COC(=O)[C@]6(CC[C@H](CO)C6)[C@@H]4O[C@](C)(C4CCCCC4)[C@H]5C(=O)[C@@H](O)[C@@]3([C@H]3CCC[C@@H](Cc4ccccc4)C3)[C@]13O[C@@H]3C(=O)O[C@H]2c1ccoc1C[C@H]1[C@H]2C[C@H]3C=CN4CNC[C@H]4[C@@H]3C[C@@H]2CC[C@H]1O. The van der Waals surface area contributed by atoms with Gasteiger partial charge in [0.1, 0.15) is 30.2 Å². The number of carbonyl (C=O) groups is 3. The molecule has 13 aliphatic rings. The molecule has 1 aromatic carbocycles. The number of furan rings is 1. The number of nitrogens with one attached hydrogen (secondary N) is 1. The fourth-order valence-corrected chi connectivity index (χ4v) is 22.5. The molecule has 6 aliphatic heterocycles. The summed E-state index contributed by atoms with van der Waals surface area (Å²) in [7, 11) is 0. The number of esters is 2. The van der Waals surface area contributed by atoms with Gasteiger partial charge in [0.25, 0.3) is 0 Å². The summed E-state index contributed by atoms with van der Waals surface area (Å²) >= 11 is 0. The maximum atomic E-state index is 16.8. The highest BCUT2D eigenvalue weighted by atomic mass is 16.7. The van der Waals surface area contributed by atoms with Crippen molar-refractivity contribution in [1.29, 1.82) is 0 Å². The van der Waals surface area contributed by atoms with Crippen LogP contribution in [0.15, 0.2) is 59.4 Å². The third kappa shape index (κ3) is 6.70. The predicted molar refractivity (Wildman–Crippen MR) is 282 cm³/mol. The Labute approximate surface area is 454 Å². The minimum atomic E-state index is -1.48. The second-order valence-corrected chi connectivity index (χ2v) is 28.4. The van der Waals surface area contributed by atoms with Crippen molar-refractivity contribution in [2.45, 2.75) is 190 Å². The maximum absolute atomic E-state index is 16.8. The van der Waals surface area contributed by atoms with Crippen LogP contribution in [0.25, 0.3) is 0 Å². The lowest BCUT2D eigenvalue weighted by Gasteiger charge is -2.71. The van der Waals surface area contributed by atoms with Crippen LogP contribution in [0.4, 0.5) is 0 Å². The first-order valence-corrected chi connectivity index (χ1v) is 30.8. The van der Waals surface area contributed by atoms with Gasteiger partial charge in [0.05, 0.1) is 42.1 Å². The Bertz CT molecular complexity index is 2690. The lowest BCUT2D eigenvalue weighted by atomic mass is 9.31. The van der Waals surface area contributed by atoms with Gasteiger partial charge in [-0.1, -0.05) is 75.4 Å². The normalized spacial score (nSPS) is 50.6. The van der Waals surface area contributed by atoms with E-state index in [2.05, 4.69) is 66.7 Å². The molecule has 0 bridgehead atoms. The quantitative estimate of drug-likeness (QED) is 0.146. The molecule has 4 N–H and O–H groups in total. The van der Waals surface area contributed by atoms with Crippen LogP contribution in [-0.4, -0.2) is 106 Å². The average molecular weight is 1060 g/mol. The van der Waals surface area contributed by atoms with Gasteiger partial charge in [-0.15, -0.1) is 0 Å². The Kier molecular flexibility index (Phi) is 11.7. The van der Waals surface area contributed by atoms with Crippen LogP contribution in [0.5, 0.6) is 0 Å². The van der Waals surface area contributed by atoms with Gasteiger partial charge in [0.15, 0.2) is 11.9 Å². The molecule has 2 aromatic rings. The maximum Gasteiger partial charge on any atom is 0.339 e. The van der Waals surface area contributed by atoms with Gasteiger partial charge in [-0.05, 0) is 174 Å². The molecule has 416 valence electrons. The number of aliphatic hydroxyl groups excluding tert-OH is 3. The lowest BCUT2D eigenvalue weighted by Crippen LogP contribution is -2.80. The van der Waals surface area contributed by atoms with E-state index in [0.717, 1.165) is 114 Å². The van der Waals surface area contributed by atoms with E-state index >= 15 is 9.59 Å². The summed E-state index contributed by atoms with van der Waals surface area (Å²) in [5.41, 5.74) is -4.52. The number of aliphatic hydroxyl groups is 3. The van der Waals surface area contributed by atoms with E-state index in [-0.39, 0.29) is 54.6 Å². The number of allylic oxidation sites excluding steroid dienone is 1. The Morgan fingerprint density at radius 2 is 1.64 bits per heavy atom. The number of carbonyl (C=O) groups excluding carboxylic acids is 3. The van der Waals surface area contributed by atoms with Gasteiger partial charge in [-0.2, -0.15) is 0 Å². The molecule has 15 rings (SSSR count). The molecule has 13 heteroatoms. The van der Waals surface area contributed by atoms with Crippen molar-refractivity contribution in [2.75, 3.05) is 26.4 Å². The number of rotatable bonds is 8. The zero-order valence-electron chi connectivity index (χ0n) is 45.5. The van der Waals surface area contributed by atoms with E-state index in [1.807, 2.05) is 6.07 Å². The Hall–Kier alpha value is -3.59. The summed E-state index contributed by atoms with van der Waals surface area (Å²) in [4.78, 5) is 49.4. The molecule has 7 aliphatic carbocycles. The first-order chi connectivity index (χ1) is 37.3. The molecule has 77 heavy (non-hydrogen) atoms. The molecule has 5 saturated heterocycles. The van der Waals surface area contributed by atoms with Gasteiger partial charge in [-0.25, -0.2) is 4.79 Å². The summed E-state index contributed by atoms with van der Waals surface area (Å²) in [6.07, 6.45) is 18.5. The van der Waals surface area contributed by atoms with Gasteiger partial charge in [0.2, 0.25) is 0 Å². The van der Waals surface area contributed by atoms with Crippen LogP contribution in [0, 0.1) is 86.8 Å². The topological polar surface area (TPSA) is 181 Å². The number of Topliss-reactive ketones (excluding diaryl/α,β-unsaturated/α-hetero) is 1. The number of ketones is 1. The molecule has 0 amide bonds. The number of nitrogens with zero attached hydrogens (tertiary/aromatic N) is 1. The monoisotopic (exact) mass is 1060 g/mol. The van der Waals surface area contributed by atoms with Crippen molar-refractivity contribution in [1.82, 2.24) is 10.2 Å². The van der Waals surface area contributed by atoms with Crippen molar-refractivity contribution in [3.05, 3.63) is 71.8 Å². The molecular weight excluding hydrogens is 973 g/mol. The fourth-order valence-electron chi connectivity index (χ4n) is 22.5. The Balaban J connectivity index is 0.858. The third-order valence-corrected chi connectivity index (χ3v) is 25.5. The highest BCUT2D eigenvalue weighted by Crippen LogP contribution is 2.84. The molecule has 1 aromatic heterocycles. The fraction of sp³-hybridized carbons (Fsp3) is 0.766. The van der Waals surface area contributed by atoms with Crippen molar-refractivity contribution in [3.8, 4) is 0 Å². The summed E-state index contributed by atoms with van der Waals surface area (Å²) in [6, 6.07) is 13.1. The summed E-state index contributed by atoms with van der Waals surface area (Å²) in [5.74, 6) is 0.419. The Morgan fingerprint density at radius 1 is 0.805 bits per heavy atom. The predicted octanol–water partition coefficient (Wildman–Crippen LogP) is 8.42. The first-order valence-electron chi connectivity index (χ1n) is 30.8. The summed E-state index contributed by atoms with van der Waals surface area (Å²) in [6.45, 7) is 6.25. The van der Waals surface area contributed by atoms with Crippen molar-refractivity contribution < 1.29 is 53.1 Å². The van der Waals surface area contributed by atoms with E-state index in [1.54, 1.807) is 6.26 Å². The van der Waals surface area contributed by atoms with Crippen LogP contribution in [0.1, 0.15) is 152 Å². The number of hydrogen-bond donors (Lipinski definition) is 4. The zero-order valence-corrected chi connectivity index (χ0v) is 45.5. The second-order valence-electron chi connectivity index (χ2n) is 28.4. The van der Waals surface area contributed by atoms with Crippen LogP contribution < -0.4 is 5.32 Å². The number of ether oxygens (including phenoxy) is 4. The first kappa shape index (κ1) is 50.4. The van der Waals surface area contributed by atoms with Gasteiger partial charge < -0.3 is 43.6 Å². The summed E-state index contributed by atoms with van der Waals surface area (Å²) in [5, 5.41) is 40.6.